The van der Waals surface area contributed by atoms with Crippen LogP contribution in [-0.2, 0) is 14.4 Å². The molecule has 3 aliphatic carbocycles. The van der Waals surface area contributed by atoms with Gasteiger partial charge >= 0.3 is 0 Å². The van der Waals surface area contributed by atoms with Gasteiger partial charge in [-0.2, -0.15) is 0 Å². The first kappa shape index (κ1) is 14.4. The van der Waals surface area contributed by atoms with E-state index in [1.807, 2.05) is 0 Å². The number of carbonyl (C=O) groups excluding carboxylic acids is 2. The second kappa shape index (κ2) is 5.46. The van der Waals surface area contributed by atoms with Crippen LogP contribution >= 0.6 is 0 Å². The van der Waals surface area contributed by atoms with Gasteiger partial charge in [-0.1, -0.05) is 0 Å². The number of carbonyl (C=O) groups is 2. The van der Waals surface area contributed by atoms with Crippen LogP contribution < -0.4 is 5.48 Å². The average molecular weight is 304 g/mol. The Bertz CT molecular complexity index is 500. The summed E-state index contributed by atoms with van der Waals surface area (Å²) in [6.45, 7) is 1.58. The molecular weight excluding hydrogens is 280 g/mol. The fraction of sp³-hybridized carbons (Fsp3) is 0.765. The molecule has 0 radical (unpaired) electrons. The predicted octanol–water partition coefficient (Wildman–Crippen LogP) is 1.36. The lowest BCUT2D eigenvalue weighted by molar-refractivity contribution is -0.137. The van der Waals surface area contributed by atoms with Crippen LogP contribution in [0, 0.1) is 35.5 Å². The summed E-state index contributed by atoms with van der Waals surface area (Å²) in [5.41, 5.74) is 3.01. The average Bonchev–Trinajstić information content (AvgIpc) is 3.22. The summed E-state index contributed by atoms with van der Waals surface area (Å²) >= 11 is 0. The molecule has 5 heteroatoms. The molecule has 5 nitrogen and oxygen atoms in total. The molecule has 120 valence electrons. The number of hydrogen-bond acceptors (Lipinski definition) is 4. The van der Waals surface area contributed by atoms with E-state index >= 15 is 0 Å². The molecule has 4 rings (SSSR count). The molecule has 3 saturated carbocycles. The molecule has 0 spiro atoms. The molecule has 0 aromatic carbocycles. The number of hydrogen-bond donors (Lipinski definition) is 1. The first-order valence-electron chi connectivity index (χ1n) is 8.46. The molecule has 2 amide bonds. The van der Waals surface area contributed by atoms with Crippen molar-refractivity contribution in [3.63, 3.8) is 0 Å². The largest absolute Gasteiger partial charge is 0.305 e. The van der Waals surface area contributed by atoms with E-state index in [0.29, 0.717) is 18.4 Å². The summed E-state index contributed by atoms with van der Waals surface area (Å²) in [7, 11) is 1.67. The van der Waals surface area contributed by atoms with Gasteiger partial charge in [0.15, 0.2) is 0 Å². The third-order valence-electron chi connectivity index (χ3n) is 6.54. The van der Waals surface area contributed by atoms with Crippen LogP contribution in [0.3, 0.4) is 0 Å². The Morgan fingerprint density at radius 1 is 1.09 bits per heavy atom. The van der Waals surface area contributed by atoms with Gasteiger partial charge < -0.3 is 4.84 Å². The minimum atomic E-state index is -0.127. The van der Waals surface area contributed by atoms with Gasteiger partial charge in [0.05, 0.1) is 7.11 Å². The Morgan fingerprint density at radius 2 is 1.82 bits per heavy atom. The van der Waals surface area contributed by atoms with Gasteiger partial charge in [-0.05, 0) is 61.2 Å². The summed E-state index contributed by atoms with van der Waals surface area (Å²) in [4.78, 5) is 30.0. The Kier molecular flexibility index (Phi) is 3.57. The van der Waals surface area contributed by atoms with E-state index in [1.54, 1.807) is 7.11 Å². The molecule has 1 N–H and O–H groups in total. The van der Waals surface area contributed by atoms with E-state index < -0.39 is 0 Å². The van der Waals surface area contributed by atoms with E-state index in [2.05, 4.69) is 5.48 Å². The molecule has 1 heterocycles. The van der Waals surface area contributed by atoms with Gasteiger partial charge in [-0.3, -0.25) is 14.5 Å². The lowest BCUT2D eigenvalue weighted by Crippen LogP contribution is -2.38. The highest BCUT2D eigenvalue weighted by atomic mass is 16.6. The van der Waals surface area contributed by atoms with Crippen LogP contribution in [0.15, 0.2) is 12.2 Å². The number of fused-ring (bicyclic) bond motifs is 5. The molecule has 0 saturated heterocycles. The minimum Gasteiger partial charge on any atom is -0.305 e. The van der Waals surface area contributed by atoms with Crippen LogP contribution in [0.25, 0.3) is 0 Å². The monoisotopic (exact) mass is 304 g/mol. The van der Waals surface area contributed by atoms with Crippen molar-refractivity contribution in [1.29, 1.82) is 0 Å². The van der Waals surface area contributed by atoms with Crippen LogP contribution in [0.1, 0.15) is 25.7 Å². The molecule has 6 unspecified atom stereocenters. The lowest BCUT2D eigenvalue weighted by Gasteiger charge is -2.33. The molecule has 0 aromatic rings. The van der Waals surface area contributed by atoms with Crippen molar-refractivity contribution >= 4 is 11.8 Å². The fourth-order valence-electron chi connectivity index (χ4n) is 5.75. The normalized spacial score (nSPS) is 42.7. The Balaban J connectivity index is 1.39. The number of nitrogens with zero attached hydrogens (tertiary/aromatic N) is 1. The summed E-state index contributed by atoms with van der Waals surface area (Å²) in [5, 5.41) is 0. The Morgan fingerprint density at radius 3 is 2.55 bits per heavy atom. The first-order valence-corrected chi connectivity index (χ1v) is 8.46. The molecule has 6 atom stereocenters. The van der Waals surface area contributed by atoms with Crippen molar-refractivity contribution in [3.05, 3.63) is 12.2 Å². The number of imide groups is 1. The van der Waals surface area contributed by atoms with Crippen LogP contribution in [-0.4, -0.2) is 36.9 Å². The predicted molar refractivity (Wildman–Crippen MR) is 80.3 cm³/mol. The van der Waals surface area contributed by atoms with Crippen LogP contribution in [0.5, 0.6) is 0 Å². The van der Waals surface area contributed by atoms with Crippen molar-refractivity contribution in [3.8, 4) is 0 Å². The number of hydroxylamine groups is 1. The maximum atomic E-state index is 11.8. The van der Waals surface area contributed by atoms with Gasteiger partial charge in [-0.25, -0.2) is 5.48 Å². The van der Waals surface area contributed by atoms with Crippen molar-refractivity contribution in [2.45, 2.75) is 25.7 Å². The summed E-state index contributed by atoms with van der Waals surface area (Å²) in [6.07, 6.45) is 7.92. The molecule has 0 aromatic heterocycles. The Labute approximate surface area is 131 Å². The topological polar surface area (TPSA) is 58.6 Å². The van der Waals surface area contributed by atoms with E-state index in [9.17, 15) is 9.59 Å². The SMILES string of the molecule is CONCC1CC2C3CC(CN4C(=O)C=CC4=O)C(C3)C2C1. The zero-order chi connectivity index (χ0) is 15.3. The third kappa shape index (κ3) is 2.22. The lowest BCUT2D eigenvalue weighted by atomic mass is 9.75. The maximum absolute atomic E-state index is 11.8. The zero-order valence-corrected chi connectivity index (χ0v) is 13.0. The van der Waals surface area contributed by atoms with E-state index in [0.717, 1.165) is 30.2 Å². The van der Waals surface area contributed by atoms with Crippen molar-refractivity contribution < 1.29 is 14.4 Å². The van der Waals surface area contributed by atoms with Gasteiger partial charge in [0, 0.05) is 25.2 Å². The van der Waals surface area contributed by atoms with Crippen molar-refractivity contribution in [1.82, 2.24) is 10.4 Å². The van der Waals surface area contributed by atoms with E-state index in [1.165, 1.54) is 42.7 Å². The standard InChI is InChI=1S/C17H24N2O3/c1-22-18-8-10-4-13-11-6-12(14(7-11)15(13)5-10)9-19-16(20)2-3-17(19)21/h2-3,10-15,18H,4-9H2,1H3. The minimum absolute atomic E-state index is 0.127. The van der Waals surface area contributed by atoms with Crippen LogP contribution in [0.4, 0.5) is 0 Å². The quantitative estimate of drug-likeness (QED) is 0.615. The number of rotatable bonds is 5. The Hall–Kier alpha value is -1.20. The second-order valence-corrected chi connectivity index (χ2v) is 7.49. The molecule has 2 bridgehead atoms. The number of nitrogens with one attached hydrogen (secondary N) is 1. The van der Waals surface area contributed by atoms with E-state index in [-0.39, 0.29) is 11.8 Å². The highest BCUT2D eigenvalue weighted by molar-refractivity contribution is 6.12. The molecule has 4 aliphatic rings. The van der Waals surface area contributed by atoms with Crippen LogP contribution in [0.2, 0.25) is 0 Å². The maximum Gasteiger partial charge on any atom is 0.253 e. The third-order valence-corrected chi connectivity index (χ3v) is 6.54. The second-order valence-electron chi connectivity index (χ2n) is 7.49. The molecule has 1 aliphatic heterocycles. The van der Waals surface area contributed by atoms with Crippen molar-refractivity contribution in [2.75, 3.05) is 20.2 Å². The van der Waals surface area contributed by atoms with Gasteiger partial charge in [0.25, 0.3) is 11.8 Å². The van der Waals surface area contributed by atoms with Gasteiger partial charge in [-0.15, -0.1) is 0 Å². The smallest absolute Gasteiger partial charge is 0.253 e. The highest BCUT2D eigenvalue weighted by Gasteiger charge is 2.56. The first-order chi connectivity index (χ1) is 10.7. The van der Waals surface area contributed by atoms with Crippen molar-refractivity contribution in [2.24, 2.45) is 35.5 Å². The fourth-order valence-corrected chi connectivity index (χ4v) is 5.75. The summed E-state index contributed by atoms with van der Waals surface area (Å²) < 4.78 is 0. The van der Waals surface area contributed by atoms with Gasteiger partial charge in [0.2, 0.25) is 0 Å². The summed E-state index contributed by atoms with van der Waals surface area (Å²) in [5.74, 6) is 4.18. The highest BCUT2D eigenvalue weighted by Crippen LogP contribution is 2.62. The molecular formula is C17H24N2O3. The zero-order valence-electron chi connectivity index (χ0n) is 13.0. The molecule has 22 heavy (non-hydrogen) atoms. The summed E-state index contributed by atoms with van der Waals surface area (Å²) in [6, 6.07) is 0. The van der Waals surface area contributed by atoms with Gasteiger partial charge in [0.1, 0.15) is 0 Å². The molecule has 3 fully saturated rings. The van der Waals surface area contributed by atoms with E-state index in [4.69, 9.17) is 4.84 Å². The number of amides is 2.